The van der Waals surface area contributed by atoms with E-state index in [2.05, 4.69) is 59.1 Å². The number of benzene rings is 2. The van der Waals surface area contributed by atoms with Crippen LogP contribution in [0.3, 0.4) is 0 Å². The van der Waals surface area contributed by atoms with E-state index < -0.39 is 10.7 Å². The van der Waals surface area contributed by atoms with Crippen LogP contribution in [0.15, 0.2) is 53.3 Å². The fourth-order valence-corrected chi connectivity index (χ4v) is 2.82. The van der Waals surface area contributed by atoms with Crippen molar-refractivity contribution in [1.29, 1.82) is 0 Å². The highest BCUT2D eigenvalue weighted by atomic mass is 127. The van der Waals surface area contributed by atoms with Gasteiger partial charge in [-0.1, -0.05) is 15.9 Å². The summed E-state index contributed by atoms with van der Waals surface area (Å²) >= 11 is 5.32. The quantitative estimate of drug-likeness (QED) is 0.262. The summed E-state index contributed by atoms with van der Waals surface area (Å²) in [4.78, 5) is 18.8. The first-order valence-corrected chi connectivity index (χ1v) is 9.05. The molecule has 2 N–H and O–H groups in total. The molecular formula is C16H10BrFIN5O2. The first-order chi connectivity index (χ1) is 12.4. The fourth-order valence-electron chi connectivity index (χ4n) is 2.12. The Balaban J connectivity index is 1.98. The molecule has 10 heteroatoms. The van der Waals surface area contributed by atoms with Crippen LogP contribution in [0.25, 0.3) is 0 Å². The second-order valence-corrected chi connectivity index (χ2v) is 7.22. The Morgan fingerprint density at radius 1 is 1.08 bits per heavy atom. The van der Waals surface area contributed by atoms with Gasteiger partial charge in [-0.2, -0.15) is 0 Å². The van der Waals surface area contributed by atoms with Gasteiger partial charge in [0.25, 0.3) is 0 Å². The Kier molecular flexibility index (Phi) is 5.61. The normalized spacial score (nSPS) is 10.4. The molecule has 2 aromatic carbocycles. The van der Waals surface area contributed by atoms with Crippen LogP contribution in [0.4, 0.5) is 33.1 Å². The molecule has 0 radical (unpaired) electrons. The van der Waals surface area contributed by atoms with E-state index in [4.69, 9.17) is 0 Å². The Hall–Kier alpha value is -2.34. The van der Waals surface area contributed by atoms with Gasteiger partial charge in [0.1, 0.15) is 12.1 Å². The molecule has 0 aliphatic rings. The maximum Gasteiger partial charge on any atom is 0.353 e. The zero-order valence-electron chi connectivity index (χ0n) is 12.9. The van der Waals surface area contributed by atoms with Crippen molar-refractivity contribution in [3.63, 3.8) is 0 Å². The summed E-state index contributed by atoms with van der Waals surface area (Å²) in [6, 6.07) is 11.6. The Bertz CT molecular complexity index is 971. The van der Waals surface area contributed by atoms with E-state index in [-0.39, 0.29) is 23.0 Å². The number of nitrogens with one attached hydrogen (secondary N) is 2. The number of nitrogens with zero attached hydrogens (tertiary/aromatic N) is 3. The SMILES string of the molecule is O=[N+]([O-])c1c(Nc2ccc(I)cc2)ncnc1Nc1ccc(Br)cc1F. The zero-order chi connectivity index (χ0) is 18.7. The summed E-state index contributed by atoms with van der Waals surface area (Å²) in [5.41, 5.74) is 0.316. The number of hydrogen-bond donors (Lipinski definition) is 2. The highest BCUT2D eigenvalue weighted by Gasteiger charge is 2.24. The Morgan fingerprint density at radius 2 is 1.73 bits per heavy atom. The molecule has 0 amide bonds. The molecule has 1 heterocycles. The van der Waals surface area contributed by atoms with Gasteiger partial charge in [-0.3, -0.25) is 10.1 Å². The minimum atomic E-state index is -0.617. The number of anilines is 4. The van der Waals surface area contributed by atoms with Crippen LogP contribution in [0, 0.1) is 19.5 Å². The lowest BCUT2D eigenvalue weighted by Gasteiger charge is -2.11. The van der Waals surface area contributed by atoms with Gasteiger partial charge in [-0.05, 0) is 65.1 Å². The monoisotopic (exact) mass is 529 g/mol. The van der Waals surface area contributed by atoms with Gasteiger partial charge in [0.05, 0.1) is 10.6 Å². The second-order valence-electron chi connectivity index (χ2n) is 5.06. The molecule has 0 saturated heterocycles. The average molecular weight is 530 g/mol. The van der Waals surface area contributed by atoms with Crippen LogP contribution in [-0.2, 0) is 0 Å². The number of halogens is 3. The molecule has 0 spiro atoms. The third kappa shape index (κ3) is 4.25. The molecule has 0 bridgehead atoms. The third-order valence-electron chi connectivity index (χ3n) is 3.30. The molecule has 132 valence electrons. The maximum atomic E-state index is 14.0. The highest BCUT2D eigenvalue weighted by molar-refractivity contribution is 14.1. The van der Waals surface area contributed by atoms with E-state index in [1.54, 1.807) is 18.2 Å². The molecule has 3 aromatic rings. The van der Waals surface area contributed by atoms with Crippen molar-refractivity contribution >= 4 is 67.2 Å². The summed E-state index contributed by atoms with van der Waals surface area (Å²) in [6.07, 6.45) is 1.17. The highest BCUT2D eigenvalue weighted by Crippen LogP contribution is 2.34. The van der Waals surface area contributed by atoms with Crippen LogP contribution < -0.4 is 10.6 Å². The van der Waals surface area contributed by atoms with Crippen molar-refractivity contribution in [2.24, 2.45) is 0 Å². The lowest BCUT2D eigenvalue weighted by atomic mass is 10.3. The molecule has 26 heavy (non-hydrogen) atoms. The van der Waals surface area contributed by atoms with Gasteiger partial charge >= 0.3 is 5.69 Å². The smallest absolute Gasteiger partial charge is 0.334 e. The summed E-state index contributed by atoms with van der Waals surface area (Å²) in [6.45, 7) is 0. The molecule has 0 aliphatic heterocycles. The zero-order valence-corrected chi connectivity index (χ0v) is 16.7. The number of aromatic nitrogens is 2. The van der Waals surface area contributed by atoms with Crippen LogP contribution in [0.5, 0.6) is 0 Å². The van der Waals surface area contributed by atoms with Crippen molar-refractivity contribution < 1.29 is 9.31 Å². The third-order valence-corrected chi connectivity index (χ3v) is 4.51. The number of nitro groups is 1. The van der Waals surface area contributed by atoms with Gasteiger partial charge in [0.15, 0.2) is 0 Å². The van der Waals surface area contributed by atoms with E-state index in [1.807, 2.05) is 12.1 Å². The number of rotatable bonds is 5. The van der Waals surface area contributed by atoms with Crippen molar-refractivity contribution in [3.05, 3.63) is 72.8 Å². The van der Waals surface area contributed by atoms with Crippen molar-refractivity contribution in [1.82, 2.24) is 9.97 Å². The lowest BCUT2D eigenvalue weighted by Crippen LogP contribution is -2.06. The molecule has 0 saturated carbocycles. The summed E-state index contributed by atoms with van der Waals surface area (Å²) in [5.74, 6) is -0.676. The van der Waals surface area contributed by atoms with Crippen LogP contribution >= 0.6 is 38.5 Å². The molecule has 0 unspecified atom stereocenters. The number of hydrogen-bond acceptors (Lipinski definition) is 6. The van der Waals surface area contributed by atoms with E-state index in [1.165, 1.54) is 18.5 Å². The lowest BCUT2D eigenvalue weighted by molar-refractivity contribution is -0.383. The maximum absolute atomic E-state index is 14.0. The predicted octanol–water partition coefficient (Wildman–Crippen LogP) is 5.38. The van der Waals surface area contributed by atoms with Gasteiger partial charge in [-0.15, -0.1) is 0 Å². The molecule has 0 fully saturated rings. The van der Waals surface area contributed by atoms with Crippen LogP contribution in [0.1, 0.15) is 0 Å². The fraction of sp³-hybridized carbons (Fsp3) is 0. The van der Waals surface area contributed by atoms with Gasteiger partial charge in [0, 0.05) is 13.7 Å². The van der Waals surface area contributed by atoms with Crippen molar-refractivity contribution in [3.8, 4) is 0 Å². The minimum Gasteiger partial charge on any atom is -0.334 e. The van der Waals surface area contributed by atoms with Gasteiger partial charge in [0.2, 0.25) is 11.6 Å². The topological polar surface area (TPSA) is 93.0 Å². The van der Waals surface area contributed by atoms with Crippen LogP contribution in [0.2, 0.25) is 0 Å². The second kappa shape index (κ2) is 7.91. The average Bonchev–Trinajstić information content (AvgIpc) is 2.59. The molecule has 0 atom stereocenters. The van der Waals surface area contributed by atoms with Gasteiger partial charge in [-0.25, -0.2) is 14.4 Å². The van der Waals surface area contributed by atoms with E-state index >= 15 is 0 Å². The van der Waals surface area contributed by atoms with E-state index in [0.717, 1.165) is 3.57 Å². The summed E-state index contributed by atoms with van der Waals surface area (Å²) < 4.78 is 15.6. The van der Waals surface area contributed by atoms with Crippen LogP contribution in [-0.4, -0.2) is 14.9 Å². The summed E-state index contributed by atoms with van der Waals surface area (Å²) in [5, 5.41) is 17.1. The summed E-state index contributed by atoms with van der Waals surface area (Å²) in [7, 11) is 0. The largest absolute Gasteiger partial charge is 0.353 e. The Morgan fingerprint density at radius 3 is 2.35 bits per heavy atom. The van der Waals surface area contributed by atoms with Crippen molar-refractivity contribution in [2.45, 2.75) is 0 Å². The first kappa shape index (κ1) is 18.5. The standard InChI is InChI=1S/C16H10BrFIN5O2/c17-9-1-6-13(12(18)7-9)23-16-14(24(25)26)15(20-8-21-16)22-11-4-2-10(19)3-5-11/h1-8H,(H2,20,21,22,23). The van der Waals surface area contributed by atoms with E-state index in [0.29, 0.717) is 10.2 Å². The van der Waals surface area contributed by atoms with Gasteiger partial charge < -0.3 is 10.6 Å². The molecular weight excluding hydrogens is 520 g/mol. The minimum absolute atomic E-state index is 0.00577. The Labute approximate surface area is 169 Å². The first-order valence-electron chi connectivity index (χ1n) is 7.18. The molecule has 3 rings (SSSR count). The predicted molar refractivity (Wildman–Crippen MR) is 109 cm³/mol. The van der Waals surface area contributed by atoms with Crippen molar-refractivity contribution in [2.75, 3.05) is 10.6 Å². The molecule has 0 aliphatic carbocycles. The molecule has 1 aromatic heterocycles. The molecule has 7 nitrogen and oxygen atoms in total. The van der Waals surface area contributed by atoms with E-state index in [9.17, 15) is 14.5 Å².